The Morgan fingerprint density at radius 3 is 1.84 bits per heavy atom. The highest BCUT2D eigenvalue weighted by molar-refractivity contribution is 7.54. The van der Waals surface area contributed by atoms with E-state index in [-0.39, 0.29) is 12.2 Å². The van der Waals surface area contributed by atoms with Gasteiger partial charge in [-0.05, 0) is 67.3 Å². The second kappa shape index (κ2) is 11.1. The number of hydrogen-bond acceptors (Lipinski definition) is 5. The molecule has 1 N–H and O–H groups in total. The van der Waals surface area contributed by atoms with Crippen LogP contribution in [0.25, 0.3) is 0 Å². The summed E-state index contributed by atoms with van der Waals surface area (Å²) < 4.78 is 27.4. The van der Waals surface area contributed by atoms with Gasteiger partial charge in [-0.15, -0.1) is 0 Å². The van der Waals surface area contributed by atoms with Crippen LogP contribution in [0.2, 0.25) is 0 Å². The van der Waals surface area contributed by atoms with Crippen LogP contribution in [0.3, 0.4) is 0 Å². The van der Waals surface area contributed by atoms with E-state index < -0.39 is 13.4 Å². The fourth-order valence-corrected chi connectivity index (χ4v) is 7.74. The summed E-state index contributed by atoms with van der Waals surface area (Å²) in [6, 6.07) is 3.51. The molecule has 0 aliphatic heterocycles. The molecule has 182 valence electrons. The Balaban J connectivity index is 1.92. The number of hydrogen-bond donors (Lipinski definition) is 1. The Kier molecular flexibility index (Phi) is 8.99. The molecule has 0 saturated heterocycles. The third-order valence-electron chi connectivity index (χ3n) is 7.77. The van der Waals surface area contributed by atoms with Crippen LogP contribution in [0.15, 0.2) is 24.5 Å². The SMILES string of the molecule is CC(C)[C@H]1CC[C@@H](C)C[C@H]1OP(=O)(O[C@@H]1C[C@H](C)CC[C@H]1C(C)C)[C@H](O)c1cccnc1. The molecule has 0 spiro atoms. The van der Waals surface area contributed by atoms with Crippen LogP contribution in [-0.4, -0.2) is 22.3 Å². The number of aliphatic hydroxyl groups excluding tert-OH is 1. The maximum atomic E-state index is 14.5. The molecule has 3 rings (SSSR count). The molecule has 1 heterocycles. The first kappa shape index (κ1) is 25.9. The number of aliphatic hydroxyl groups is 1. The van der Waals surface area contributed by atoms with Crippen molar-refractivity contribution >= 4 is 7.60 Å². The van der Waals surface area contributed by atoms with Crippen LogP contribution in [0.5, 0.6) is 0 Å². The topological polar surface area (TPSA) is 68.7 Å². The number of rotatable bonds is 8. The molecule has 5 nitrogen and oxygen atoms in total. The van der Waals surface area contributed by atoms with Gasteiger partial charge in [-0.1, -0.05) is 60.5 Å². The van der Waals surface area contributed by atoms with E-state index in [0.29, 0.717) is 41.1 Å². The van der Waals surface area contributed by atoms with E-state index in [1.54, 1.807) is 24.5 Å². The fraction of sp³-hybridized carbons (Fsp3) is 0.808. The van der Waals surface area contributed by atoms with Crippen molar-refractivity contribution in [1.29, 1.82) is 0 Å². The second-order valence-corrected chi connectivity index (χ2v) is 13.1. The van der Waals surface area contributed by atoms with Gasteiger partial charge in [0.15, 0.2) is 5.85 Å². The number of nitrogens with zero attached hydrogens (tertiary/aromatic N) is 1. The largest absolute Gasteiger partial charge is 0.376 e. The Labute approximate surface area is 195 Å². The Bertz CT molecular complexity index is 717. The fourth-order valence-electron chi connectivity index (χ4n) is 5.70. The molecule has 32 heavy (non-hydrogen) atoms. The molecule has 2 aliphatic carbocycles. The first-order chi connectivity index (χ1) is 15.1. The van der Waals surface area contributed by atoms with Gasteiger partial charge in [0.2, 0.25) is 0 Å². The molecule has 1 aromatic rings. The third-order valence-corrected chi connectivity index (χ3v) is 9.80. The average molecular weight is 466 g/mol. The molecule has 6 heteroatoms. The summed E-state index contributed by atoms with van der Waals surface area (Å²) in [5, 5.41) is 11.3. The first-order valence-corrected chi connectivity index (χ1v) is 14.3. The van der Waals surface area contributed by atoms with E-state index in [2.05, 4.69) is 46.5 Å². The predicted molar refractivity (Wildman–Crippen MR) is 129 cm³/mol. The third kappa shape index (κ3) is 6.23. The van der Waals surface area contributed by atoms with Crippen molar-refractivity contribution in [3.8, 4) is 0 Å². The van der Waals surface area contributed by atoms with Crippen LogP contribution >= 0.6 is 7.60 Å². The minimum atomic E-state index is -3.86. The molecular formula is C26H44NO4P. The quantitative estimate of drug-likeness (QED) is 0.410. The highest BCUT2D eigenvalue weighted by Gasteiger charge is 2.46. The Hall–Kier alpha value is -0.740. The Morgan fingerprint density at radius 2 is 1.44 bits per heavy atom. The zero-order valence-corrected chi connectivity index (χ0v) is 21.7. The Morgan fingerprint density at radius 1 is 0.938 bits per heavy atom. The molecule has 2 fully saturated rings. The molecule has 8 atom stereocenters. The van der Waals surface area contributed by atoms with Crippen molar-refractivity contribution in [2.24, 2.45) is 35.5 Å². The van der Waals surface area contributed by atoms with Crippen molar-refractivity contribution in [1.82, 2.24) is 4.98 Å². The second-order valence-electron chi connectivity index (χ2n) is 11.1. The summed E-state index contributed by atoms with van der Waals surface area (Å²) in [5.41, 5.74) is 0.491. The molecule has 0 aromatic carbocycles. The van der Waals surface area contributed by atoms with Gasteiger partial charge in [0, 0.05) is 18.0 Å². The lowest BCUT2D eigenvalue weighted by Gasteiger charge is -2.42. The minimum absolute atomic E-state index is 0.172. The van der Waals surface area contributed by atoms with Crippen molar-refractivity contribution < 1.29 is 18.7 Å². The maximum Gasteiger partial charge on any atom is 0.364 e. The number of pyridine rings is 1. The van der Waals surface area contributed by atoms with E-state index in [1.807, 2.05) is 0 Å². The number of aromatic nitrogens is 1. The average Bonchev–Trinajstić information content (AvgIpc) is 2.73. The monoisotopic (exact) mass is 465 g/mol. The lowest BCUT2D eigenvalue weighted by molar-refractivity contribution is -0.0154. The zero-order chi connectivity index (χ0) is 23.5. The molecule has 0 radical (unpaired) electrons. The lowest BCUT2D eigenvalue weighted by atomic mass is 9.75. The summed E-state index contributed by atoms with van der Waals surface area (Å²) >= 11 is 0. The van der Waals surface area contributed by atoms with Crippen LogP contribution < -0.4 is 0 Å². The van der Waals surface area contributed by atoms with Crippen molar-refractivity contribution in [2.75, 3.05) is 0 Å². The van der Waals surface area contributed by atoms with Crippen LogP contribution in [0, 0.1) is 35.5 Å². The molecule has 0 bridgehead atoms. The van der Waals surface area contributed by atoms with Gasteiger partial charge in [0.25, 0.3) is 0 Å². The summed E-state index contributed by atoms with van der Waals surface area (Å²) in [4.78, 5) is 4.13. The van der Waals surface area contributed by atoms with Gasteiger partial charge in [0.05, 0.1) is 12.2 Å². The van der Waals surface area contributed by atoms with Crippen molar-refractivity contribution in [3.05, 3.63) is 30.1 Å². The standard InChI is InChI=1S/C26H44NO4P/c1-17(2)22-11-9-19(5)14-24(22)30-32(29,26(28)21-8-7-13-27-16-21)31-25-15-20(6)10-12-23(25)18(3)4/h7-8,13,16-20,22-26,28H,9-12,14-15H2,1-6H3/t19-,20-,22-,23+,24-,25-,26+,32?/m1/s1. The molecular weight excluding hydrogens is 421 g/mol. The van der Waals surface area contributed by atoms with Crippen molar-refractivity contribution in [2.45, 2.75) is 98.1 Å². The molecule has 2 saturated carbocycles. The zero-order valence-electron chi connectivity index (χ0n) is 20.8. The van der Waals surface area contributed by atoms with Crippen LogP contribution in [0.1, 0.15) is 91.5 Å². The van der Waals surface area contributed by atoms with Gasteiger partial charge in [-0.25, -0.2) is 0 Å². The van der Waals surface area contributed by atoms with E-state index in [0.717, 1.165) is 38.5 Å². The summed E-state index contributed by atoms with van der Waals surface area (Å²) in [7, 11) is -3.86. The van der Waals surface area contributed by atoms with Gasteiger partial charge in [-0.2, -0.15) is 0 Å². The van der Waals surface area contributed by atoms with Gasteiger partial charge >= 0.3 is 7.60 Å². The van der Waals surface area contributed by atoms with Gasteiger partial charge in [-0.3, -0.25) is 9.55 Å². The molecule has 2 aliphatic rings. The summed E-state index contributed by atoms with van der Waals surface area (Å²) in [6.07, 6.45) is 9.01. The van der Waals surface area contributed by atoms with Gasteiger partial charge < -0.3 is 14.2 Å². The van der Waals surface area contributed by atoms with E-state index >= 15 is 0 Å². The maximum absolute atomic E-state index is 14.5. The highest BCUT2D eigenvalue weighted by atomic mass is 31.2. The highest BCUT2D eigenvalue weighted by Crippen LogP contribution is 2.64. The van der Waals surface area contributed by atoms with Crippen LogP contribution in [0.4, 0.5) is 0 Å². The molecule has 1 aromatic heterocycles. The van der Waals surface area contributed by atoms with Crippen molar-refractivity contribution in [3.63, 3.8) is 0 Å². The molecule has 1 unspecified atom stereocenters. The van der Waals surface area contributed by atoms with Crippen LogP contribution in [-0.2, 0) is 13.6 Å². The molecule has 0 amide bonds. The predicted octanol–water partition coefficient (Wildman–Crippen LogP) is 7.22. The summed E-state index contributed by atoms with van der Waals surface area (Å²) in [5.74, 6) is 1.18. The van der Waals surface area contributed by atoms with E-state index in [4.69, 9.17) is 9.05 Å². The van der Waals surface area contributed by atoms with E-state index in [9.17, 15) is 9.67 Å². The smallest absolute Gasteiger partial charge is 0.364 e. The summed E-state index contributed by atoms with van der Waals surface area (Å²) in [6.45, 7) is 13.3. The lowest BCUT2D eigenvalue weighted by Crippen LogP contribution is -2.37. The van der Waals surface area contributed by atoms with E-state index in [1.165, 1.54) is 0 Å². The minimum Gasteiger partial charge on any atom is -0.376 e. The normalized spacial score (nSPS) is 34.4. The first-order valence-electron chi connectivity index (χ1n) is 12.6. The van der Waals surface area contributed by atoms with Gasteiger partial charge in [0.1, 0.15) is 0 Å².